The summed E-state index contributed by atoms with van der Waals surface area (Å²) < 4.78 is 8.07. The van der Waals surface area contributed by atoms with Crippen molar-refractivity contribution in [1.29, 1.82) is 0 Å². The van der Waals surface area contributed by atoms with Crippen LogP contribution in [-0.2, 0) is 6.42 Å². The van der Waals surface area contributed by atoms with Gasteiger partial charge in [-0.2, -0.15) is 5.10 Å². The molecule has 142 valence electrons. The van der Waals surface area contributed by atoms with E-state index in [1.807, 2.05) is 27.9 Å². The van der Waals surface area contributed by atoms with E-state index in [0.29, 0.717) is 12.1 Å². The Labute approximate surface area is 164 Å². The standard InChI is InChI=1S/C23H23N3O2/c1-15-16(2)22-21(23(27)25-11-8-20(14-25)28-22)13-18(15)12-17-4-6-19(7-5-17)26-10-3-9-24-26/h3-7,9-10,13,20H,8,11-12,14H2,1-2H3. The lowest BCUT2D eigenvalue weighted by Gasteiger charge is -2.21. The summed E-state index contributed by atoms with van der Waals surface area (Å²) in [7, 11) is 0. The van der Waals surface area contributed by atoms with Gasteiger partial charge in [-0.05, 0) is 66.8 Å². The number of carbonyl (C=O) groups is 1. The Bertz CT molecular complexity index is 1040. The summed E-state index contributed by atoms with van der Waals surface area (Å²) in [5.41, 5.74) is 6.43. The van der Waals surface area contributed by atoms with Gasteiger partial charge in [-0.25, -0.2) is 4.68 Å². The number of carbonyl (C=O) groups excluding carboxylic acids is 1. The van der Waals surface area contributed by atoms with Crippen molar-refractivity contribution >= 4 is 5.91 Å². The van der Waals surface area contributed by atoms with Crippen LogP contribution in [0.3, 0.4) is 0 Å². The minimum absolute atomic E-state index is 0.105. The van der Waals surface area contributed by atoms with Crippen molar-refractivity contribution in [2.45, 2.75) is 32.8 Å². The van der Waals surface area contributed by atoms with Gasteiger partial charge in [-0.15, -0.1) is 0 Å². The van der Waals surface area contributed by atoms with Gasteiger partial charge in [0.25, 0.3) is 5.91 Å². The van der Waals surface area contributed by atoms with Gasteiger partial charge >= 0.3 is 0 Å². The van der Waals surface area contributed by atoms with E-state index in [-0.39, 0.29) is 12.0 Å². The highest BCUT2D eigenvalue weighted by Gasteiger charge is 2.35. The molecule has 0 N–H and O–H groups in total. The first kappa shape index (κ1) is 17.0. The van der Waals surface area contributed by atoms with E-state index in [9.17, 15) is 4.79 Å². The number of amides is 1. The summed E-state index contributed by atoms with van der Waals surface area (Å²) in [6.45, 7) is 5.69. The molecule has 0 saturated carbocycles. The summed E-state index contributed by atoms with van der Waals surface area (Å²) in [4.78, 5) is 14.9. The number of nitrogens with zero attached hydrogens (tertiary/aromatic N) is 3. The van der Waals surface area contributed by atoms with Gasteiger partial charge in [0.1, 0.15) is 11.9 Å². The molecule has 1 fully saturated rings. The molecule has 5 rings (SSSR count). The Kier molecular flexibility index (Phi) is 3.97. The molecule has 2 aromatic carbocycles. The van der Waals surface area contributed by atoms with E-state index >= 15 is 0 Å². The molecule has 0 radical (unpaired) electrons. The highest BCUT2D eigenvalue weighted by molar-refractivity contribution is 5.98. The number of ether oxygens (including phenoxy) is 1. The average Bonchev–Trinajstić information content (AvgIpc) is 3.37. The maximum absolute atomic E-state index is 13.0. The van der Waals surface area contributed by atoms with Crippen LogP contribution in [-0.4, -0.2) is 39.8 Å². The fraction of sp³-hybridized carbons (Fsp3) is 0.304. The second-order valence-corrected chi connectivity index (χ2v) is 7.74. The molecule has 1 amide bonds. The van der Waals surface area contributed by atoms with Crippen molar-refractivity contribution in [1.82, 2.24) is 14.7 Å². The van der Waals surface area contributed by atoms with E-state index < -0.39 is 0 Å². The fourth-order valence-corrected chi connectivity index (χ4v) is 4.21. The molecule has 3 heterocycles. The minimum atomic E-state index is 0.105. The Morgan fingerprint density at radius 2 is 2.00 bits per heavy atom. The molecule has 1 aromatic heterocycles. The normalized spacial score (nSPS) is 18.0. The summed E-state index contributed by atoms with van der Waals surface area (Å²) in [5.74, 6) is 0.890. The van der Waals surface area contributed by atoms with E-state index in [2.05, 4.69) is 43.2 Å². The number of hydrogen-bond acceptors (Lipinski definition) is 3. The van der Waals surface area contributed by atoms with Crippen molar-refractivity contribution < 1.29 is 9.53 Å². The van der Waals surface area contributed by atoms with Gasteiger partial charge in [-0.3, -0.25) is 4.79 Å². The smallest absolute Gasteiger partial charge is 0.257 e. The first-order valence-electron chi connectivity index (χ1n) is 9.78. The van der Waals surface area contributed by atoms with Gasteiger partial charge in [0.05, 0.1) is 17.8 Å². The Morgan fingerprint density at radius 3 is 2.75 bits per heavy atom. The van der Waals surface area contributed by atoms with Gasteiger partial charge in [0.15, 0.2) is 0 Å². The van der Waals surface area contributed by atoms with Crippen molar-refractivity contribution in [3.63, 3.8) is 0 Å². The molecule has 5 heteroatoms. The zero-order chi connectivity index (χ0) is 19.3. The number of hydrogen-bond donors (Lipinski definition) is 0. The van der Waals surface area contributed by atoms with Crippen LogP contribution in [0.15, 0.2) is 48.8 Å². The Balaban J connectivity index is 1.48. The van der Waals surface area contributed by atoms with Crippen LogP contribution >= 0.6 is 0 Å². The molecule has 2 bridgehead atoms. The maximum Gasteiger partial charge on any atom is 0.257 e. The minimum Gasteiger partial charge on any atom is -0.487 e. The Hall–Kier alpha value is -3.08. The molecule has 2 aliphatic heterocycles. The molecular formula is C23H23N3O2. The highest BCUT2D eigenvalue weighted by atomic mass is 16.5. The van der Waals surface area contributed by atoms with E-state index in [1.165, 1.54) is 16.7 Å². The summed E-state index contributed by atoms with van der Waals surface area (Å²) in [5, 5.41) is 4.27. The van der Waals surface area contributed by atoms with Crippen LogP contribution < -0.4 is 4.74 Å². The quantitative estimate of drug-likeness (QED) is 0.704. The van der Waals surface area contributed by atoms with E-state index in [4.69, 9.17) is 4.74 Å². The van der Waals surface area contributed by atoms with Crippen LogP contribution in [0.1, 0.15) is 39.0 Å². The third kappa shape index (κ3) is 2.78. The third-order valence-electron chi connectivity index (χ3n) is 5.99. The lowest BCUT2D eigenvalue weighted by molar-refractivity contribution is 0.0792. The predicted octanol–water partition coefficient (Wildman–Crippen LogP) is 3.69. The second-order valence-electron chi connectivity index (χ2n) is 7.74. The molecule has 0 aliphatic carbocycles. The zero-order valence-electron chi connectivity index (χ0n) is 16.2. The van der Waals surface area contributed by atoms with Crippen LogP contribution in [0.5, 0.6) is 5.75 Å². The van der Waals surface area contributed by atoms with Crippen molar-refractivity contribution in [2.75, 3.05) is 13.1 Å². The summed E-state index contributed by atoms with van der Waals surface area (Å²) >= 11 is 0. The first-order chi connectivity index (χ1) is 13.6. The van der Waals surface area contributed by atoms with Gasteiger partial charge in [0.2, 0.25) is 0 Å². The molecule has 1 atom stereocenters. The second kappa shape index (κ2) is 6.51. The molecule has 28 heavy (non-hydrogen) atoms. The number of rotatable bonds is 3. The number of aromatic nitrogens is 2. The zero-order valence-corrected chi connectivity index (χ0v) is 16.2. The molecule has 1 unspecified atom stereocenters. The molecule has 5 nitrogen and oxygen atoms in total. The molecular weight excluding hydrogens is 350 g/mol. The summed E-state index contributed by atoms with van der Waals surface area (Å²) in [6.07, 6.45) is 5.55. The SMILES string of the molecule is Cc1c(Cc2ccc(-n3cccn3)cc2)cc2c(c1C)OC1CCN(C1)C2=O. The molecule has 1 saturated heterocycles. The van der Waals surface area contributed by atoms with Crippen LogP contribution in [0, 0.1) is 13.8 Å². The van der Waals surface area contributed by atoms with Gasteiger partial charge in [-0.1, -0.05) is 12.1 Å². The van der Waals surface area contributed by atoms with Crippen molar-refractivity contribution in [3.05, 3.63) is 76.6 Å². The number of fused-ring (bicyclic) bond motifs is 3. The van der Waals surface area contributed by atoms with Crippen LogP contribution in [0.4, 0.5) is 0 Å². The third-order valence-corrected chi connectivity index (χ3v) is 5.99. The average molecular weight is 373 g/mol. The molecule has 0 spiro atoms. The largest absolute Gasteiger partial charge is 0.487 e. The van der Waals surface area contributed by atoms with Crippen molar-refractivity contribution in [2.24, 2.45) is 0 Å². The maximum atomic E-state index is 13.0. The van der Waals surface area contributed by atoms with Crippen LogP contribution in [0.2, 0.25) is 0 Å². The number of benzene rings is 2. The Morgan fingerprint density at radius 1 is 1.18 bits per heavy atom. The fourth-order valence-electron chi connectivity index (χ4n) is 4.21. The molecule has 2 aliphatic rings. The van der Waals surface area contributed by atoms with E-state index in [1.54, 1.807) is 6.20 Å². The first-order valence-corrected chi connectivity index (χ1v) is 9.78. The molecule has 3 aromatic rings. The highest BCUT2D eigenvalue weighted by Crippen LogP contribution is 2.36. The van der Waals surface area contributed by atoms with E-state index in [0.717, 1.165) is 36.4 Å². The predicted molar refractivity (Wildman–Crippen MR) is 107 cm³/mol. The van der Waals surface area contributed by atoms with Gasteiger partial charge < -0.3 is 9.64 Å². The van der Waals surface area contributed by atoms with Gasteiger partial charge in [0, 0.05) is 25.4 Å². The topological polar surface area (TPSA) is 47.4 Å². The van der Waals surface area contributed by atoms with Crippen molar-refractivity contribution in [3.8, 4) is 11.4 Å². The lowest BCUT2D eigenvalue weighted by Crippen LogP contribution is -2.28. The summed E-state index contributed by atoms with van der Waals surface area (Å²) in [6, 6.07) is 12.4. The lowest BCUT2D eigenvalue weighted by atomic mass is 9.93. The monoisotopic (exact) mass is 373 g/mol. The van der Waals surface area contributed by atoms with Crippen LogP contribution in [0.25, 0.3) is 5.69 Å².